The Morgan fingerprint density at radius 1 is 1.41 bits per heavy atom. The maximum Gasteiger partial charge on any atom is 0.409 e. The molecule has 0 saturated carbocycles. The lowest BCUT2D eigenvalue weighted by molar-refractivity contribution is 0.146. The van der Waals surface area contributed by atoms with Crippen LogP contribution < -0.4 is 5.32 Å². The van der Waals surface area contributed by atoms with Crippen molar-refractivity contribution in [1.29, 1.82) is 0 Å². The highest BCUT2D eigenvalue weighted by atomic mass is 32.2. The van der Waals surface area contributed by atoms with Crippen LogP contribution in [0.25, 0.3) is 0 Å². The van der Waals surface area contributed by atoms with Crippen LogP contribution in [0.15, 0.2) is 16.5 Å². The Bertz CT molecular complexity index is 627. The molecule has 1 atom stereocenters. The number of hydrogen-bond donors (Lipinski definition) is 2. The van der Waals surface area contributed by atoms with E-state index in [-0.39, 0.29) is 17.1 Å². The van der Waals surface area contributed by atoms with Crippen LogP contribution in [0.4, 0.5) is 19.3 Å². The number of carboxylic acid groups (broad SMARTS) is 1. The number of nitrogens with one attached hydrogen (secondary N) is 1. The van der Waals surface area contributed by atoms with Gasteiger partial charge < -0.3 is 5.11 Å². The summed E-state index contributed by atoms with van der Waals surface area (Å²) in [5, 5.41) is 10.7. The van der Waals surface area contributed by atoms with Crippen molar-refractivity contribution in [3.8, 4) is 0 Å². The lowest BCUT2D eigenvalue weighted by atomic mass is 10.2. The minimum Gasteiger partial charge on any atom is -0.465 e. The van der Waals surface area contributed by atoms with Crippen LogP contribution in [-0.2, 0) is 11.0 Å². The summed E-state index contributed by atoms with van der Waals surface area (Å²) in [7, 11) is -1.58. The van der Waals surface area contributed by atoms with Crippen LogP contribution >= 0.6 is 0 Å². The number of anilines is 1. The Balaban J connectivity index is 3.27. The molecule has 1 aromatic heterocycles. The van der Waals surface area contributed by atoms with E-state index in [4.69, 9.17) is 5.11 Å². The Labute approximate surface area is 129 Å². The topological polar surface area (TPSA) is 91.7 Å². The van der Waals surface area contributed by atoms with Crippen molar-refractivity contribution in [2.45, 2.75) is 38.9 Å². The number of nitrogens with zero attached hydrogens (tertiary/aromatic N) is 2. The Hall–Kier alpha value is -1.90. The van der Waals surface area contributed by atoms with Gasteiger partial charge in [0, 0.05) is 5.69 Å². The summed E-state index contributed by atoms with van der Waals surface area (Å²) in [5.74, 6) is 0. The molecular formula is C13H17F2N3O3S. The fourth-order valence-electron chi connectivity index (χ4n) is 1.35. The Morgan fingerprint density at radius 3 is 2.45 bits per heavy atom. The van der Waals surface area contributed by atoms with E-state index in [1.54, 1.807) is 20.8 Å². The zero-order chi connectivity index (χ0) is 17.1. The van der Waals surface area contributed by atoms with Gasteiger partial charge >= 0.3 is 6.09 Å². The molecule has 0 aromatic carbocycles. The fourth-order valence-corrected chi connectivity index (χ4v) is 1.97. The van der Waals surface area contributed by atoms with Crippen molar-refractivity contribution in [1.82, 2.24) is 4.98 Å². The number of amides is 1. The maximum absolute atomic E-state index is 12.8. The van der Waals surface area contributed by atoms with E-state index in [2.05, 4.69) is 9.38 Å². The van der Waals surface area contributed by atoms with Crippen LogP contribution in [0.3, 0.4) is 0 Å². The van der Waals surface area contributed by atoms with E-state index in [1.807, 2.05) is 5.32 Å². The largest absolute Gasteiger partial charge is 0.465 e. The summed E-state index contributed by atoms with van der Waals surface area (Å²) in [4.78, 5) is 14.4. The number of pyridine rings is 1. The molecule has 0 aliphatic heterocycles. The summed E-state index contributed by atoms with van der Waals surface area (Å²) in [6.45, 7) is 6.65. The summed E-state index contributed by atoms with van der Waals surface area (Å²) in [5.41, 5.74) is -0.412. The number of halogens is 2. The maximum atomic E-state index is 12.8. The number of aromatic nitrogens is 1. The molecule has 0 bridgehead atoms. The van der Waals surface area contributed by atoms with Gasteiger partial charge in [0.05, 0.1) is 16.2 Å². The molecule has 1 rings (SSSR count). The fraction of sp³-hybridized carbons (Fsp3) is 0.462. The summed E-state index contributed by atoms with van der Waals surface area (Å²) < 4.78 is 41.0. The molecule has 0 saturated heterocycles. The second-order valence-electron chi connectivity index (χ2n) is 5.44. The standard InChI is InChI=1S/C13H17F2N3O3S/c1-7(18-22(21)13(2,3)4)9-5-8(16-12(19)20)6-10(17-9)11(14)15/h5-6,11H,1-4H3,(H,16,17)(H,19,20). The molecule has 0 aliphatic rings. The molecule has 1 aromatic rings. The molecule has 22 heavy (non-hydrogen) atoms. The van der Waals surface area contributed by atoms with Crippen LogP contribution in [0.1, 0.15) is 45.5 Å². The van der Waals surface area contributed by atoms with Gasteiger partial charge in [0.2, 0.25) is 0 Å². The second-order valence-corrected chi connectivity index (χ2v) is 7.34. The molecule has 1 amide bonds. The van der Waals surface area contributed by atoms with Gasteiger partial charge in [0.15, 0.2) is 0 Å². The monoisotopic (exact) mass is 333 g/mol. The first-order chi connectivity index (χ1) is 10.0. The van der Waals surface area contributed by atoms with Crippen molar-refractivity contribution >= 4 is 28.5 Å². The van der Waals surface area contributed by atoms with E-state index < -0.39 is 33.9 Å². The molecule has 0 spiro atoms. The average Bonchev–Trinajstić information content (AvgIpc) is 2.36. The predicted molar refractivity (Wildman–Crippen MR) is 80.9 cm³/mol. The lowest BCUT2D eigenvalue weighted by Crippen LogP contribution is -2.21. The minimum absolute atomic E-state index is 0.0409. The number of hydrogen-bond acceptors (Lipinski definition) is 3. The van der Waals surface area contributed by atoms with Gasteiger partial charge in [-0.15, -0.1) is 0 Å². The first kappa shape index (κ1) is 18.1. The third-order valence-corrected chi connectivity index (χ3v) is 3.92. The SMILES string of the molecule is CC(=NS(=O)C(C)(C)C)c1cc(NC(=O)O)cc(C(F)F)n1. The quantitative estimate of drug-likeness (QED) is 0.826. The van der Waals surface area contributed by atoms with Gasteiger partial charge in [0.1, 0.15) is 16.7 Å². The molecular weight excluding hydrogens is 316 g/mol. The van der Waals surface area contributed by atoms with Gasteiger partial charge in [-0.25, -0.2) is 22.8 Å². The average molecular weight is 333 g/mol. The van der Waals surface area contributed by atoms with Crippen molar-refractivity contribution in [2.75, 3.05) is 5.32 Å². The summed E-state index contributed by atoms with van der Waals surface area (Å²) >= 11 is 0. The summed E-state index contributed by atoms with van der Waals surface area (Å²) in [6, 6.07) is 2.20. The minimum atomic E-state index is -2.87. The van der Waals surface area contributed by atoms with Gasteiger partial charge in [-0.2, -0.15) is 4.40 Å². The first-order valence-electron chi connectivity index (χ1n) is 6.28. The molecule has 2 N–H and O–H groups in total. The van der Waals surface area contributed by atoms with E-state index in [9.17, 15) is 17.8 Å². The highest BCUT2D eigenvalue weighted by Crippen LogP contribution is 2.22. The van der Waals surface area contributed by atoms with Crippen molar-refractivity contribution < 1.29 is 22.9 Å². The molecule has 0 aliphatic carbocycles. The van der Waals surface area contributed by atoms with Gasteiger partial charge in [-0.05, 0) is 39.8 Å². The molecule has 0 fully saturated rings. The van der Waals surface area contributed by atoms with Crippen molar-refractivity contribution in [2.24, 2.45) is 4.40 Å². The molecule has 9 heteroatoms. The van der Waals surface area contributed by atoms with E-state index in [1.165, 1.54) is 13.0 Å². The Kier molecular flexibility index (Phi) is 5.70. The predicted octanol–water partition coefficient (Wildman–Crippen LogP) is 3.38. The number of carbonyl (C=O) groups is 1. The first-order valence-corrected chi connectivity index (χ1v) is 7.39. The number of rotatable bonds is 4. The lowest BCUT2D eigenvalue weighted by Gasteiger charge is -2.14. The molecule has 122 valence electrons. The second kappa shape index (κ2) is 6.91. The molecule has 1 unspecified atom stereocenters. The van der Waals surface area contributed by atoms with Crippen LogP contribution in [0.5, 0.6) is 0 Å². The zero-order valence-corrected chi connectivity index (χ0v) is 13.4. The van der Waals surface area contributed by atoms with Crippen molar-refractivity contribution in [3.05, 3.63) is 23.5 Å². The zero-order valence-electron chi connectivity index (χ0n) is 12.6. The highest BCUT2D eigenvalue weighted by molar-refractivity contribution is 7.85. The van der Waals surface area contributed by atoms with E-state index >= 15 is 0 Å². The third-order valence-electron chi connectivity index (χ3n) is 2.43. The van der Waals surface area contributed by atoms with Gasteiger partial charge in [-0.3, -0.25) is 5.32 Å². The van der Waals surface area contributed by atoms with E-state index in [0.717, 1.165) is 6.07 Å². The van der Waals surface area contributed by atoms with Crippen LogP contribution in [-0.4, -0.2) is 30.9 Å². The molecule has 1 heterocycles. The molecule has 0 radical (unpaired) electrons. The van der Waals surface area contributed by atoms with Crippen LogP contribution in [0, 0.1) is 0 Å². The normalized spacial score (nSPS) is 14.0. The van der Waals surface area contributed by atoms with Gasteiger partial charge in [0.25, 0.3) is 6.43 Å². The van der Waals surface area contributed by atoms with Gasteiger partial charge in [-0.1, -0.05) is 0 Å². The van der Waals surface area contributed by atoms with Crippen LogP contribution in [0.2, 0.25) is 0 Å². The Morgan fingerprint density at radius 2 is 2.00 bits per heavy atom. The van der Waals surface area contributed by atoms with E-state index in [0.29, 0.717) is 0 Å². The summed E-state index contributed by atoms with van der Waals surface area (Å²) in [6.07, 6.45) is -4.25. The highest BCUT2D eigenvalue weighted by Gasteiger charge is 2.20. The number of alkyl halides is 2. The molecule has 6 nitrogen and oxygen atoms in total. The van der Waals surface area contributed by atoms with Crippen molar-refractivity contribution in [3.63, 3.8) is 0 Å². The smallest absolute Gasteiger partial charge is 0.409 e. The third kappa shape index (κ3) is 5.14.